The number of carbonyl (C=O) groups is 1. The van der Waals surface area contributed by atoms with Crippen LogP contribution >= 0.6 is 11.3 Å². The monoisotopic (exact) mass is 357 g/mol. The van der Waals surface area contributed by atoms with E-state index >= 15 is 0 Å². The van der Waals surface area contributed by atoms with Gasteiger partial charge in [-0.05, 0) is 50.9 Å². The summed E-state index contributed by atoms with van der Waals surface area (Å²) in [6.45, 7) is 4.90. The number of likely N-dealkylation sites (tertiary alicyclic amines) is 2. The second-order valence-electron chi connectivity index (χ2n) is 7.37. The number of thiazole rings is 1. The van der Waals surface area contributed by atoms with Gasteiger partial charge in [-0.15, -0.1) is 11.3 Å². The molecule has 2 aliphatic rings. The van der Waals surface area contributed by atoms with E-state index < -0.39 is 0 Å². The van der Waals surface area contributed by atoms with Gasteiger partial charge in [-0.3, -0.25) is 9.69 Å². The Hall–Kier alpha value is -1.46. The molecule has 4 nitrogen and oxygen atoms in total. The fourth-order valence-corrected chi connectivity index (χ4v) is 5.08. The van der Waals surface area contributed by atoms with Crippen LogP contribution in [-0.4, -0.2) is 46.9 Å². The van der Waals surface area contributed by atoms with E-state index in [1.807, 2.05) is 6.07 Å². The molecule has 2 aromatic rings. The quantitative estimate of drug-likeness (QED) is 0.836. The molecule has 0 spiro atoms. The molecule has 1 aromatic carbocycles. The summed E-state index contributed by atoms with van der Waals surface area (Å²) in [5.41, 5.74) is 1.11. The molecule has 0 aliphatic carbocycles. The van der Waals surface area contributed by atoms with Gasteiger partial charge in [-0.25, -0.2) is 4.98 Å². The van der Waals surface area contributed by atoms with Gasteiger partial charge in [0.2, 0.25) is 5.91 Å². The van der Waals surface area contributed by atoms with Crippen molar-refractivity contribution < 1.29 is 4.79 Å². The van der Waals surface area contributed by atoms with Gasteiger partial charge in [0.15, 0.2) is 0 Å². The van der Waals surface area contributed by atoms with Gasteiger partial charge >= 0.3 is 0 Å². The average molecular weight is 358 g/mol. The summed E-state index contributed by atoms with van der Waals surface area (Å²) in [5, 5.41) is 1.19. The number of nitrogens with zero attached hydrogens (tertiary/aromatic N) is 3. The van der Waals surface area contributed by atoms with Crippen molar-refractivity contribution in [1.82, 2.24) is 14.8 Å². The molecule has 2 aliphatic heterocycles. The van der Waals surface area contributed by atoms with Gasteiger partial charge in [-0.2, -0.15) is 0 Å². The number of hydrogen-bond donors (Lipinski definition) is 0. The summed E-state index contributed by atoms with van der Waals surface area (Å²) in [5.74, 6) is 0.659. The van der Waals surface area contributed by atoms with Crippen molar-refractivity contribution in [2.45, 2.75) is 45.1 Å². The average Bonchev–Trinajstić information content (AvgIpc) is 2.86. The molecule has 0 saturated carbocycles. The molecule has 0 atom stereocenters. The largest absolute Gasteiger partial charge is 0.342 e. The normalized spacial score (nSPS) is 20.7. The molecule has 2 saturated heterocycles. The Kier molecular flexibility index (Phi) is 5.32. The maximum atomic E-state index is 12.8. The zero-order valence-corrected chi connectivity index (χ0v) is 15.6. The second-order valence-corrected chi connectivity index (χ2v) is 8.48. The Morgan fingerprint density at radius 1 is 1.04 bits per heavy atom. The van der Waals surface area contributed by atoms with Crippen LogP contribution in [0.15, 0.2) is 24.3 Å². The Balaban J connectivity index is 1.31. The molecule has 25 heavy (non-hydrogen) atoms. The molecule has 1 amide bonds. The zero-order valence-electron chi connectivity index (χ0n) is 14.8. The third-order valence-electron chi connectivity index (χ3n) is 5.55. The second kappa shape index (κ2) is 7.83. The zero-order chi connectivity index (χ0) is 17.1. The highest BCUT2D eigenvalue weighted by Crippen LogP contribution is 2.26. The molecule has 3 heterocycles. The first-order chi connectivity index (χ1) is 12.3. The van der Waals surface area contributed by atoms with E-state index in [1.54, 1.807) is 11.3 Å². The Morgan fingerprint density at radius 2 is 1.76 bits per heavy atom. The van der Waals surface area contributed by atoms with Crippen LogP contribution in [0, 0.1) is 5.92 Å². The SMILES string of the molecule is O=C(C1CCN(Cc2nc3ccccc3s2)CC1)N1CCCCCC1. The first-order valence-corrected chi connectivity index (χ1v) is 10.5. The smallest absolute Gasteiger partial charge is 0.225 e. The lowest BCUT2D eigenvalue weighted by Crippen LogP contribution is -2.42. The summed E-state index contributed by atoms with van der Waals surface area (Å²) in [7, 11) is 0. The van der Waals surface area contributed by atoms with E-state index in [9.17, 15) is 4.79 Å². The topological polar surface area (TPSA) is 36.4 Å². The summed E-state index contributed by atoms with van der Waals surface area (Å²) < 4.78 is 1.27. The van der Waals surface area contributed by atoms with Crippen LogP contribution < -0.4 is 0 Å². The minimum Gasteiger partial charge on any atom is -0.342 e. The van der Waals surface area contributed by atoms with Crippen molar-refractivity contribution in [3.63, 3.8) is 0 Å². The predicted octanol–water partition coefficient (Wildman–Crippen LogP) is 3.91. The molecule has 0 N–H and O–H groups in total. The van der Waals surface area contributed by atoms with Gasteiger partial charge < -0.3 is 4.90 Å². The Bertz CT molecular complexity index is 680. The fraction of sp³-hybridized carbons (Fsp3) is 0.600. The highest BCUT2D eigenvalue weighted by molar-refractivity contribution is 7.18. The highest BCUT2D eigenvalue weighted by atomic mass is 32.1. The Labute approximate surface area is 153 Å². The molecule has 1 aromatic heterocycles. The van der Waals surface area contributed by atoms with Crippen molar-refractivity contribution in [2.75, 3.05) is 26.2 Å². The van der Waals surface area contributed by atoms with Crippen LogP contribution in [0.3, 0.4) is 0 Å². The number of aromatic nitrogens is 1. The van der Waals surface area contributed by atoms with Crippen molar-refractivity contribution in [1.29, 1.82) is 0 Å². The van der Waals surface area contributed by atoms with E-state index in [0.717, 1.165) is 51.1 Å². The van der Waals surface area contributed by atoms with Crippen LogP contribution in [0.1, 0.15) is 43.5 Å². The van der Waals surface area contributed by atoms with Crippen LogP contribution in [0.4, 0.5) is 0 Å². The molecule has 134 valence electrons. The third-order valence-corrected chi connectivity index (χ3v) is 6.57. The molecular weight excluding hydrogens is 330 g/mol. The van der Waals surface area contributed by atoms with Gasteiger partial charge in [-0.1, -0.05) is 25.0 Å². The van der Waals surface area contributed by atoms with Gasteiger partial charge in [0.05, 0.1) is 16.8 Å². The van der Waals surface area contributed by atoms with Crippen molar-refractivity contribution in [2.24, 2.45) is 5.92 Å². The molecule has 0 bridgehead atoms. The molecule has 0 radical (unpaired) electrons. The van der Waals surface area contributed by atoms with E-state index in [4.69, 9.17) is 4.98 Å². The molecule has 5 heteroatoms. The van der Waals surface area contributed by atoms with E-state index in [-0.39, 0.29) is 5.92 Å². The Morgan fingerprint density at radius 3 is 2.48 bits per heavy atom. The molecular formula is C20H27N3OS. The maximum absolute atomic E-state index is 12.8. The molecule has 4 rings (SSSR count). The number of piperidine rings is 1. The number of rotatable bonds is 3. The highest BCUT2D eigenvalue weighted by Gasteiger charge is 2.29. The van der Waals surface area contributed by atoms with E-state index in [0.29, 0.717) is 5.91 Å². The first-order valence-electron chi connectivity index (χ1n) is 9.65. The summed E-state index contributed by atoms with van der Waals surface area (Å²) in [6, 6.07) is 8.35. The summed E-state index contributed by atoms with van der Waals surface area (Å²) in [6.07, 6.45) is 6.93. The maximum Gasteiger partial charge on any atom is 0.225 e. The lowest BCUT2D eigenvalue weighted by atomic mass is 9.95. The van der Waals surface area contributed by atoms with Gasteiger partial charge in [0.25, 0.3) is 0 Å². The van der Waals surface area contributed by atoms with Gasteiger partial charge in [0, 0.05) is 19.0 Å². The first kappa shape index (κ1) is 17.0. The number of benzene rings is 1. The fourth-order valence-electron chi connectivity index (χ4n) is 4.07. The standard InChI is InChI=1S/C20H27N3OS/c24-20(23-11-5-1-2-6-12-23)16-9-13-22(14-10-16)15-19-21-17-7-3-4-8-18(17)25-19/h3-4,7-8,16H,1-2,5-6,9-15H2. The lowest BCUT2D eigenvalue weighted by Gasteiger charge is -2.33. The lowest BCUT2D eigenvalue weighted by molar-refractivity contribution is -0.137. The van der Waals surface area contributed by atoms with Crippen molar-refractivity contribution in [3.05, 3.63) is 29.3 Å². The number of para-hydroxylation sites is 1. The van der Waals surface area contributed by atoms with Crippen LogP contribution in [0.5, 0.6) is 0 Å². The summed E-state index contributed by atoms with van der Waals surface area (Å²) >= 11 is 1.80. The van der Waals surface area contributed by atoms with Crippen LogP contribution in [0.25, 0.3) is 10.2 Å². The minimum atomic E-state index is 0.240. The van der Waals surface area contributed by atoms with E-state index in [2.05, 4.69) is 28.0 Å². The van der Waals surface area contributed by atoms with Crippen molar-refractivity contribution in [3.8, 4) is 0 Å². The van der Waals surface area contributed by atoms with Gasteiger partial charge in [0.1, 0.15) is 5.01 Å². The van der Waals surface area contributed by atoms with Crippen LogP contribution in [-0.2, 0) is 11.3 Å². The third kappa shape index (κ3) is 4.04. The van der Waals surface area contributed by atoms with Crippen LogP contribution in [0.2, 0.25) is 0 Å². The summed E-state index contributed by atoms with van der Waals surface area (Å²) in [4.78, 5) is 22.1. The molecule has 0 unspecified atom stereocenters. The number of amides is 1. The number of hydrogen-bond acceptors (Lipinski definition) is 4. The number of carbonyl (C=O) groups excluding carboxylic acids is 1. The minimum absolute atomic E-state index is 0.240. The predicted molar refractivity (Wildman–Crippen MR) is 103 cm³/mol. The van der Waals surface area contributed by atoms with E-state index in [1.165, 1.54) is 35.4 Å². The van der Waals surface area contributed by atoms with Crippen molar-refractivity contribution >= 4 is 27.5 Å². The number of fused-ring (bicyclic) bond motifs is 1. The molecule has 2 fully saturated rings.